The summed E-state index contributed by atoms with van der Waals surface area (Å²) in [4.78, 5) is 12.1. The molecule has 3 N–H and O–H groups in total. The number of rotatable bonds is 2. The largest absolute Gasteiger partial charge is 0.376 e. The number of amides is 1. The van der Waals surface area contributed by atoms with E-state index >= 15 is 0 Å². The molecule has 2 rings (SSSR count). The highest BCUT2D eigenvalue weighted by atomic mass is 16.5. The first-order valence-corrected chi connectivity index (χ1v) is 6.20. The van der Waals surface area contributed by atoms with Crippen molar-refractivity contribution < 1.29 is 9.53 Å². The standard InChI is InChI=1S/C12H22N2O2/c1-8-12(2,5-6-16-8)14-11(15)9-3-4-10(13)7-9/h8-10H,3-7,13H2,1-2H3,(H,14,15). The van der Waals surface area contributed by atoms with E-state index in [1.165, 1.54) is 0 Å². The van der Waals surface area contributed by atoms with E-state index < -0.39 is 0 Å². The summed E-state index contributed by atoms with van der Waals surface area (Å²) in [5.41, 5.74) is 5.64. The highest BCUT2D eigenvalue weighted by molar-refractivity contribution is 5.79. The molecular formula is C12H22N2O2. The van der Waals surface area contributed by atoms with Crippen LogP contribution in [0.4, 0.5) is 0 Å². The minimum atomic E-state index is -0.191. The first-order chi connectivity index (χ1) is 7.51. The number of carbonyl (C=O) groups excluding carboxylic acids is 1. The lowest BCUT2D eigenvalue weighted by molar-refractivity contribution is -0.127. The summed E-state index contributed by atoms with van der Waals surface area (Å²) in [5, 5.41) is 3.15. The highest BCUT2D eigenvalue weighted by Crippen LogP contribution is 2.28. The third kappa shape index (κ3) is 2.23. The highest BCUT2D eigenvalue weighted by Gasteiger charge is 2.40. The van der Waals surface area contributed by atoms with Gasteiger partial charge in [0.25, 0.3) is 0 Å². The Morgan fingerprint density at radius 3 is 2.75 bits per heavy atom. The summed E-state index contributed by atoms with van der Waals surface area (Å²) in [7, 11) is 0. The van der Waals surface area contributed by atoms with Crippen molar-refractivity contribution in [2.45, 2.75) is 57.2 Å². The summed E-state index contributed by atoms with van der Waals surface area (Å²) in [5.74, 6) is 0.271. The minimum absolute atomic E-state index is 0.103. The number of hydrogen-bond donors (Lipinski definition) is 2. The zero-order valence-electron chi connectivity index (χ0n) is 10.2. The average molecular weight is 226 g/mol. The van der Waals surface area contributed by atoms with Gasteiger partial charge in [0.05, 0.1) is 11.6 Å². The van der Waals surface area contributed by atoms with Crippen LogP contribution in [0.5, 0.6) is 0 Å². The van der Waals surface area contributed by atoms with E-state index in [0.29, 0.717) is 0 Å². The lowest BCUT2D eigenvalue weighted by Gasteiger charge is -2.30. The third-order valence-electron chi connectivity index (χ3n) is 4.14. The summed E-state index contributed by atoms with van der Waals surface area (Å²) in [6, 6.07) is 0.209. The quantitative estimate of drug-likeness (QED) is 0.732. The number of nitrogens with two attached hydrogens (primary N) is 1. The van der Waals surface area contributed by atoms with E-state index in [0.717, 1.165) is 32.3 Å². The summed E-state index contributed by atoms with van der Waals surface area (Å²) in [6.45, 7) is 4.83. The zero-order chi connectivity index (χ0) is 11.8. The van der Waals surface area contributed by atoms with Crippen LogP contribution in [0.15, 0.2) is 0 Å². The van der Waals surface area contributed by atoms with Gasteiger partial charge in [-0.25, -0.2) is 0 Å². The van der Waals surface area contributed by atoms with Crippen molar-refractivity contribution in [3.63, 3.8) is 0 Å². The number of hydrogen-bond acceptors (Lipinski definition) is 3. The normalized spacial score (nSPS) is 43.6. The summed E-state index contributed by atoms with van der Waals surface area (Å²) >= 11 is 0. The van der Waals surface area contributed by atoms with E-state index in [-0.39, 0.29) is 29.5 Å². The Kier molecular flexibility index (Phi) is 3.22. The van der Waals surface area contributed by atoms with Gasteiger partial charge in [0.1, 0.15) is 0 Å². The Labute approximate surface area is 96.9 Å². The fraction of sp³-hybridized carbons (Fsp3) is 0.917. The monoisotopic (exact) mass is 226 g/mol. The van der Waals surface area contributed by atoms with Gasteiger partial charge >= 0.3 is 0 Å². The molecule has 4 atom stereocenters. The molecule has 4 heteroatoms. The van der Waals surface area contributed by atoms with Gasteiger partial charge in [-0.3, -0.25) is 4.79 Å². The SMILES string of the molecule is CC1OCCC1(C)NC(=O)C1CCC(N)C1. The fourth-order valence-corrected chi connectivity index (χ4v) is 2.64. The Morgan fingerprint density at radius 2 is 2.25 bits per heavy atom. The predicted octanol–water partition coefficient (Wildman–Crippen LogP) is 0.797. The van der Waals surface area contributed by atoms with Crippen molar-refractivity contribution in [3.8, 4) is 0 Å². The summed E-state index contributed by atoms with van der Waals surface area (Å²) < 4.78 is 5.51. The van der Waals surface area contributed by atoms with Crippen LogP contribution >= 0.6 is 0 Å². The molecular weight excluding hydrogens is 204 g/mol. The molecule has 4 unspecified atom stereocenters. The molecule has 1 saturated heterocycles. The van der Waals surface area contributed by atoms with Gasteiger partial charge in [0.2, 0.25) is 5.91 Å². The van der Waals surface area contributed by atoms with Crippen LogP contribution in [0.2, 0.25) is 0 Å². The molecule has 2 fully saturated rings. The molecule has 0 radical (unpaired) electrons. The molecule has 4 nitrogen and oxygen atoms in total. The maximum Gasteiger partial charge on any atom is 0.223 e. The maximum atomic E-state index is 12.1. The van der Waals surface area contributed by atoms with E-state index in [9.17, 15) is 4.79 Å². The van der Waals surface area contributed by atoms with Crippen LogP contribution in [0.3, 0.4) is 0 Å². The molecule has 92 valence electrons. The molecule has 1 saturated carbocycles. The molecule has 1 aliphatic carbocycles. The van der Waals surface area contributed by atoms with Crippen molar-refractivity contribution in [2.24, 2.45) is 11.7 Å². The first-order valence-electron chi connectivity index (χ1n) is 6.20. The van der Waals surface area contributed by atoms with Crippen LogP contribution in [0.25, 0.3) is 0 Å². The second-order valence-electron chi connectivity index (χ2n) is 5.44. The number of ether oxygens (including phenoxy) is 1. The van der Waals surface area contributed by atoms with Crippen LogP contribution in [-0.2, 0) is 9.53 Å². The van der Waals surface area contributed by atoms with Gasteiger partial charge in [-0.05, 0) is 39.5 Å². The van der Waals surface area contributed by atoms with E-state index in [4.69, 9.17) is 10.5 Å². The molecule has 2 aliphatic rings. The van der Waals surface area contributed by atoms with Gasteiger partial charge in [-0.15, -0.1) is 0 Å². The number of nitrogens with one attached hydrogen (secondary N) is 1. The molecule has 0 aromatic carbocycles. The van der Waals surface area contributed by atoms with Crippen LogP contribution in [0.1, 0.15) is 39.5 Å². The van der Waals surface area contributed by atoms with Gasteiger partial charge in [-0.1, -0.05) is 0 Å². The van der Waals surface area contributed by atoms with E-state index in [1.807, 2.05) is 6.92 Å². The Morgan fingerprint density at radius 1 is 1.50 bits per heavy atom. The van der Waals surface area contributed by atoms with Crippen molar-refractivity contribution in [1.29, 1.82) is 0 Å². The van der Waals surface area contributed by atoms with Gasteiger partial charge in [0, 0.05) is 18.6 Å². The fourth-order valence-electron chi connectivity index (χ4n) is 2.64. The second-order valence-corrected chi connectivity index (χ2v) is 5.44. The molecule has 1 amide bonds. The molecule has 0 aromatic heterocycles. The molecule has 0 bridgehead atoms. The third-order valence-corrected chi connectivity index (χ3v) is 4.14. The van der Waals surface area contributed by atoms with E-state index in [2.05, 4.69) is 12.2 Å². The lowest BCUT2D eigenvalue weighted by Crippen LogP contribution is -2.52. The first kappa shape index (κ1) is 11.9. The van der Waals surface area contributed by atoms with Crippen LogP contribution in [0, 0.1) is 5.92 Å². The van der Waals surface area contributed by atoms with Crippen molar-refractivity contribution in [2.75, 3.05) is 6.61 Å². The van der Waals surface area contributed by atoms with Gasteiger partial charge < -0.3 is 15.8 Å². The number of carbonyl (C=O) groups is 1. The summed E-state index contributed by atoms with van der Waals surface area (Å²) in [6.07, 6.45) is 3.74. The van der Waals surface area contributed by atoms with Crippen LogP contribution in [-0.4, -0.2) is 30.2 Å². The van der Waals surface area contributed by atoms with Crippen molar-refractivity contribution >= 4 is 5.91 Å². The lowest BCUT2D eigenvalue weighted by atomic mass is 9.93. The maximum absolute atomic E-state index is 12.1. The zero-order valence-corrected chi connectivity index (χ0v) is 10.2. The molecule has 0 aromatic rings. The molecule has 1 aliphatic heterocycles. The predicted molar refractivity (Wildman–Crippen MR) is 61.9 cm³/mol. The Bertz CT molecular complexity index is 282. The van der Waals surface area contributed by atoms with Crippen molar-refractivity contribution in [3.05, 3.63) is 0 Å². The smallest absolute Gasteiger partial charge is 0.223 e. The minimum Gasteiger partial charge on any atom is -0.376 e. The van der Waals surface area contributed by atoms with Gasteiger partial charge in [0.15, 0.2) is 0 Å². The molecule has 1 heterocycles. The topological polar surface area (TPSA) is 64.3 Å². The van der Waals surface area contributed by atoms with Crippen LogP contribution < -0.4 is 11.1 Å². The molecule has 16 heavy (non-hydrogen) atoms. The van der Waals surface area contributed by atoms with Crippen molar-refractivity contribution in [1.82, 2.24) is 5.32 Å². The Hall–Kier alpha value is -0.610. The van der Waals surface area contributed by atoms with Gasteiger partial charge in [-0.2, -0.15) is 0 Å². The van der Waals surface area contributed by atoms with E-state index in [1.54, 1.807) is 0 Å². The second kappa shape index (κ2) is 4.34. The molecule has 0 spiro atoms. The average Bonchev–Trinajstić information content (AvgIpc) is 2.76. The Balaban J connectivity index is 1.92.